The third-order valence-electron chi connectivity index (χ3n) is 5.23. The van der Waals surface area contributed by atoms with Gasteiger partial charge in [-0.15, -0.1) is 0 Å². The SMILES string of the molecule is COc1ccc(N2CCN(C(=O)c3ccc(-c4ccc(Cl)cc4)o3)CC2)c([N+](=O)[O-])c1. The van der Waals surface area contributed by atoms with Gasteiger partial charge in [-0.3, -0.25) is 14.9 Å². The van der Waals surface area contributed by atoms with Crippen LogP contribution in [0.15, 0.2) is 59.0 Å². The highest BCUT2D eigenvalue weighted by molar-refractivity contribution is 6.30. The number of halogens is 1. The number of nitro benzene ring substituents is 1. The van der Waals surface area contributed by atoms with Gasteiger partial charge >= 0.3 is 0 Å². The lowest BCUT2D eigenvalue weighted by atomic mass is 10.2. The highest BCUT2D eigenvalue weighted by atomic mass is 35.5. The maximum Gasteiger partial charge on any atom is 0.296 e. The molecule has 0 unspecified atom stereocenters. The van der Waals surface area contributed by atoms with Gasteiger partial charge in [0.2, 0.25) is 0 Å². The Morgan fingerprint density at radius 3 is 2.42 bits per heavy atom. The van der Waals surface area contributed by atoms with Crippen LogP contribution < -0.4 is 9.64 Å². The van der Waals surface area contributed by atoms with E-state index < -0.39 is 4.92 Å². The molecule has 1 amide bonds. The second kappa shape index (κ2) is 8.69. The second-order valence-corrected chi connectivity index (χ2v) is 7.50. The van der Waals surface area contributed by atoms with Crippen LogP contribution in [0.3, 0.4) is 0 Å². The molecule has 1 saturated heterocycles. The van der Waals surface area contributed by atoms with Crippen LogP contribution in [0.4, 0.5) is 11.4 Å². The Hall–Kier alpha value is -3.52. The topological polar surface area (TPSA) is 89.1 Å². The van der Waals surface area contributed by atoms with Gasteiger partial charge in [0.1, 0.15) is 17.2 Å². The molecule has 3 aromatic rings. The molecule has 2 aromatic carbocycles. The Labute approximate surface area is 183 Å². The molecule has 1 aliphatic rings. The number of ether oxygens (including phenoxy) is 1. The Kier molecular flexibility index (Phi) is 5.81. The molecule has 0 spiro atoms. The molecule has 31 heavy (non-hydrogen) atoms. The summed E-state index contributed by atoms with van der Waals surface area (Å²) >= 11 is 5.92. The highest BCUT2D eigenvalue weighted by Crippen LogP contribution is 2.33. The molecule has 0 N–H and O–H groups in total. The van der Waals surface area contributed by atoms with Gasteiger partial charge in [0, 0.05) is 36.8 Å². The quantitative estimate of drug-likeness (QED) is 0.428. The molecule has 0 radical (unpaired) electrons. The van der Waals surface area contributed by atoms with Crippen LogP contribution in [0.25, 0.3) is 11.3 Å². The van der Waals surface area contributed by atoms with Gasteiger partial charge in [-0.1, -0.05) is 11.6 Å². The second-order valence-electron chi connectivity index (χ2n) is 7.06. The molecule has 1 aromatic heterocycles. The summed E-state index contributed by atoms with van der Waals surface area (Å²) in [5.41, 5.74) is 1.33. The average Bonchev–Trinajstić information content (AvgIpc) is 3.29. The molecule has 4 rings (SSSR count). The molecule has 1 aliphatic heterocycles. The van der Waals surface area contributed by atoms with E-state index in [-0.39, 0.29) is 17.4 Å². The Morgan fingerprint density at radius 2 is 1.77 bits per heavy atom. The number of carbonyl (C=O) groups excluding carboxylic acids is 1. The highest BCUT2D eigenvalue weighted by Gasteiger charge is 2.28. The predicted octanol–water partition coefficient (Wildman–Crippen LogP) is 4.48. The summed E-state index contributed by atoms with van der Waals surface area (Å²) in [7, 11) is 1.47. The van der Waals surface area contributed by atoms with Crippen LogP contribution in [-0.4, -0.2) is 49.0 Å². The molecule has 8 nitrogen and oxygen atoms in total. The summed E-state index contributed by atoms with van der Waals surface area (Å²) < 4.78 is 10.9. The Morgan fingerprint density at radius 1 is 1.06 bits per heavy atom. The smallest absolute Gasteiger partial charge is 0.296 e. The minimum Gasteiger partial charge on any atom is -0.496 e. The van der Waals surface area contributed by atoms with Crippen LogP contribution >= 0.6 is 11.6 Å². The fraction of sp³-hybridized carbons (Fsp3) is 0.227. The first-order valence-electron chi connectivity index (χ1n) is 9.68. The van der Waals surface area contributed by atoms with Crippen molar-refractivity contribution in [2.24, 2.45) is 0 Å². The summed E-state index contributed by atoms with van der Waals surface area (Å²) in [6.07, 6.45) is 0. The van der Waals surface area contributed by atoms with Gasteiger partial charge in [0.15, 0.2) is 5.76 Å². The van der Waals surface area contributed by atoms with Crippen molar-refractivity contribution in [3.63, 3.8) is 0 Å². The summed E-state index contributed by atoms with van der Waals surface area (Å²) in [6.45, 7) is 1.81. The van der Waals surface area contributed by atoms with Gasteiger partial charge in [-0.2, -0.15) is 0 Å². The van der Waals surface area contributed by atoms with Crippen LogP contribution in [0.5, 0.6) is 5.75 Å². The zero-order chi connectivity index (χ0) is 22.0. The minimum atomic E-state index is -0.420. The number of piperazine rings is 1. The van der Waals surface area contributed by atoms with Crippen molar-refractivity contribution in [1.82, 2.24) is 4.90 Å². The van der Waals surface area contributed by atoms with Gasteiger partial charge in [-0.05, 0) is 48.5 Å². The van der Waals surface area contributed by atoms with E-state index in [0.29, 0.717) is 48.4 Å². The van der Waals surface area contributed by atoms with Crippen molar-refractivity contribution in [1.29, 1.82) is 0 Å². The van der Waals surface area contributed by atoms with E-state index in [4.69, 9.17) is 20.8 Å². The number of hydrogen-bond donors (Lipinski definition) is 0. The van der Waals surface area contributed by atoms with E-state index in [9.17, 15) is 14.9 Å². The number of furan rings is 1. The van der Waals surface area contributed by atoms with E-state index in [1.807, 2.05) is 17.0 Å². The molecule has 0 aliphatic carbocycles. The summed E-state index contributed by atoms with van der Waals surface area (Å²) in [5.74, 6) is 1.07. The van der Waals surface area contributed by atoms with E-state index in [1.54, 1.807) is 41.3 Å². The average molecular weight is 442 g/mol. The third kappa shape index (κ3) is 4.34. The van der Waals surface area contributed by atoms with E-state index >= 15 is 0 Å². The fourth-order valence-corrected chi connectivity index (χ4v) is 3.70. The van der Waals surface area contributed by atoms with Gasteiger partial charge in [0.25, 0.3) is 11.6 Å². The number of carbonyl (C=O) groups is 1. The summed E-state index contributed by atoms with van der Waals surface area (Å²) in [5, 5.41) is 12.1. The lowest BCUT2D eigenvalue weighted by Crippen LogP contribution is -2.48. The van der Waals surface area contributed by atoms with Gasteiger partial charge < -0.3 is 19.0 Å². The van der Waals surface area contributed by atoms with Crippen molar-refractivity contribution < 1.29 is 18.9 Å². The van der Waals surface area contributed by atoms with Crippen LogP contribution in [0.1, 0.15) is 10.6 Å². The van der Waals surface area contributed by atoms with E-state index in [2.05, 4.69) is 0 Å². The van der Waals surface area contributed by atoms with Crippen molar-refractivity contribution >= 4 is 28.9 Å². The van der Waals surface area contributed by atoms with E-state index in [0.717, 1.165) is 5.56 Å². The van der Waals surface area contributed by atoms with Crippen molar-refractivity contribution in [2.45, 2.75) is 0 Å². The largest absolute Gasteiger partial charge is 0.496 e. The van der Waals surface area contributed by atoms with Crippen molar-refractivity contribution in [2.75, 3.05) is 38.2 Å². The first kappa shape index (κ1) is 20.7. The first-order chi connectivity index (χ1) is 15.0. The number of amides is 1. The number of anilines is 1. The number of hydrogen-bond acceptors (Lipinski definition) is 6. The fourth-order valence-electron chi connectivity index (χ4n) is 3.57. The lowest BCUT2D eigenvalue weighted by molar-refractivity contribution is -0.384. The maximum atomic E-state index is 12.9. The monoisotopic (exact) mass is 441 g/mol. The molecule has 0 atom stereocenters. The number of nitro groups is 1. The molecule has 1 fully saturated rings. The number of rotatable bonds is 5. The first-order valence-corrected chi connectivity index (χ1v) is 10.1. The normalized spacial score (nSPS) is 13.9. The molecule has 9 heteroatoms. The van der Waals surface area contributed by atoms with Crippen molar-refractivity contribution in [3.05, 3.63) is 75.5 Å². The summed E-state index contributed by atoms with van der Waals surface area (Å²) in [4.78, 5) is 27.5. The third-order valence-corrected chi connectivity index (χ3v) is 5.48. The van der Waals surface area contributed by atoms with Crippen LogP contribution in [-0.2, 0) is 0 Å². The zero-order valence-corrected chi connectivity index (χ0v) is 17.5. The minimum absolute atomic E-state index is 0.0160. The molecular formula is C22H20ClN3O5. The maximum absolute atomic E-state index is 12.9. The summed E-state index contributed by atoms with van der Waals surface area (Å²) in [6, 6.07) is 15.4. The molecule has 0 bridgehead atoms. The predicted molar refractivity (Wildman–Crippen MR) is 117 cm³/mol. The molecular weight excluding hydrogens is 422 g/mol. The van der Waals surface area contributed by atoms with Crippen molar-refractivity contribution in [3.8, 4) is 17.1 Å². The number of benzene rings is 2. The van der Waals surface area contributed by atoms with Crippen LogP contribution in [0.2, 0.25) is 5.02 Å². The van der Waals surface area contributed by atoms with Gasteiger partial charge in [0.05, 0.1) is 18.1 Å². The lowest BCUT2D eigenvalue weighted by Gasteiger charge is -2.35. The molecule has 0 saturated carbocycles. The van der Waals surface area contributed by atoms with E-state index in [1.165, 1.54) is 13.2 Å². The number of methoxy groups -OCH3 is 1. The Balaban J connectivity index is 1.44. The van der Waals surface area contributed by atoms with Crippen LogP contribution in [0, 0.1) is 10.1 Å². The van der Waals surface area contributed by atoms with Gasteiger partial charge in [-0.25, -0.2) is 0 Å². The standard InChI is InChI=1S/C22H20ClN3O5/c1-30-17-6-7-18(19(14-17)26(28)29)24-10-12-25(13-11-24)22(27)21-9-8-20(31-21)15-2-4-16(23)5-3-15/h2-9,14H,10-13H2,1H3. The zero-order valence-electron chi connectivity index (χ0n) is 16.8. The molecule has 2 heterocycles. The number of nitrogens with zero attached hydrogens (tertiary/aromatic N) is 3. The Bertz CT molecular complexity index is 1100. The molecule has 160 valence electrons.